The summed E-state index contributed by atoms with van der Waals surface area (Å²) in [5.41, 5.74) is 1.74. The first kappa shape index (κ1) is 20.0. The van der Waals surface area contributed by atoms with Gasteiger partial charge in [-0.15, -0.1) is 13.2 Å². The number of nitrogens with one attached hydrogen (secondary N) is 1. The molecule has 0 unspecified atom stereocenters. The number of hydrogen-bond acceptors (Lipinski definition) is 4. The number of carbonyl (C=O) groups is 1. The fourth-order valence-electron chi connectivity index (χ4n) is 2.15. The molecule has 0 aliphatic carbocycles. The molecule has 6 nitrogen and oxygen atoms in total. The summed E-state index contributed by atoms with van der Waals surface area (Å²) in [5.74, 6) is -1.11. The van der Waals surface area contributed by atoms with Gasteiger partial charge in [-0.1, -0.05) is 24.3 Å². The summed E-state index contributed by atoms with van der Waals surface area (Å²) in [5, 5.41) is 8.43. The zero-order valence-electron chi connectivity index (χ0n) is 13.8. The predicted molar refractivity (Wildman–Crippen MR) is 91.8 cm³/mol. The van der Waals surface area contributed by atoms with E-state index in [0.717, 1.165) is 6.08 Å². The molecule has 9 heteroatoms. The van der Waals surface area contributed by atoms with Gasteiger partial charge in [0.1, 0.15) is 5.75 Å². The normalized spacial score (nSPS) is 11.9. The van der Waals surface area contributed by atoms with Crippen LogP contribution in [0.4, 0.5) is 13.2 Å². The average molecular weight is 380 g/mol. The van der Waals surface area contributed by atoms with Gasteiger partial charge in [0.15, 0.2) is 0 Å². The Hall–Kier alpha value is -3.33. The highest BCUT2D eigenvalue weighted by Crippen LogP contribution is 2.23. The highest BCUT2D eigenvalue weighted by Gasteiger charge is 2.30. The number of amides is 1. The first-order valence-corrected chi connectivity index (χ1v) is 7.62. The van der Waals surface area contributed by atoms with Crippen molar-refractivity contribution in [1.29, 1.82) is 0 Å². The number of hydroxylamine groups is 1. The number of aromatic nitrogens is 1. The van der Waals surface area contributed by atoms with E-state index in [2.05, 4.69) is 4.74 Å². The highest BCUT2D eigenvalue weighted by atomic mass is 19.4. The van der Waals surface area contributed by atoms with Gasteiger partial charge in [-0.05, 0) is 35.9 Å². The molecule has 1 aromatic carbocycles. The zero-order chi connectivity index (χ0) is 19.9. The lowest BCUT2D eigenvalue weighted by molar-refractivity contribution is -0.274. The van der Waals surface area contributed by atoms with Crippen molar-refractivity contribution in [3.63, 3.8) is 0 Å². The third-order valence-corrected chi connectivity index (χ3v) is 3.28. The molecule has 2 N–H and O–H groups in total. The molecule has 142 valence electrons. The summed E-state index contributed by atoms with van der Waals surface area (Å²) < 4.78 is 41.9. The molecular weight excluding hydrogens is 365 g/mol. The van der Waals surface area contributed by atoms with Gasteiger partial charge in [0.25, 0.3) is 11.5 Å². The van der Waals surface area contributed by atoms with Crippen LogP contribution >= 0.6 is 0 Å². The van der Waals surface area contributed by atoms with Crippen LogP contribution in [0.25, 0.3) is 12.2 Å². The summed E-state index contributed by atoms with van der Waals surface area (Å²) in [6.07, 6.45) is 2.17. The summed E-state index contributed by atoms with van der Waals surface area (Å²) in [6.45, 7) is 0.164. The van der Waals surface area contributed by atoms with Crippen LogP contribution in [0.1, 0.15) is 11.1 Å². The second kappa shape index (κ2) is 8.86. The van der Waals surface area contributed by atoms with E-state index in [9.17, 15) is 22.8 Å². The number of hydrogen-bond donors (Lipinski definition) is 2. The van der Waals surface area contributed by atoms with Gasteiger partial charge in [-0.3, -0.25) is 14.8 Å². The molecule has 0 fully saturated rings. The van der Waals surface area contributed by atoms with Gasteiger partial charge in [0, 0.05) is 24.4 Å². The quantitative estimate of drug-likeness (QED) is 0.459. The minimum absolute atomic E-state index is 0.164. The molecule has 0 saturated carbocycles. The highest BCUT2D eigenvalue weighted by molar-refractivity contribution is 5.90. The smallest absolute Gasteiger partial charge is 0.406 e. The standard InChI is InChI=1S/C18H15F3N2O4/c19-18(20,21)27-15-7-1-4-13(12-15)5-2-10-23-11-3-6-14(17(23)25)8-9-16(24)22-26/h1-9,11-12,26H,10H2,(H,22,24)/b5-2+,9-8+. The van der Waals surface area contributed by atoms with Gasteiger partial charge >= 0.3 is 6.36 Å². The number of nitrogens with zero attached hydrogens (tertiary/aromatic N) is 1. The Bertz CT molecular complexity index is 917. The first-order chi connectivity index (χ1) is 12.8. The number of benzene rings is 1. The number of pyridine rings is 1. The second-order valence-electron chi connectivity index (χ2n) is 5.25. The van der Waals surface area contributed by atoms with E-state index in [-0.39, 0.29) is 23.4 Å². The molecule has 2 aromatic rings. The molecule has 0 spiro atoms. The largest absolute Gasteiger partial charge is 0.573 e. The van der Waals surface area contributed by atoms with E-state index in [1.807, 2.05) is 0 Å². The molecule has 1 heterocycles. The molecule has 0 atom stereocenters. The van der Waals surface area contributed by atoms with E-state index in [0.29, 0.717) is 5.56 Å². The van der Waals surface area contributed by atoms with Crippen molar-refractivity contribution in [1.82, 2.24) is 10.0 Å². The lowest BCUT2D eigenvalue weighted by Crippen LogP contribution is -2.21. The average Bonchev–Trinajstić information content (AvgIpc) is 2.60. The van der Waals surface area contributed by atoms with Crippen LogP contribution < -0.4 is 15.8 Å². The lowest BCUT2D eigenvalue weighted by atomic mass is 10.2. The van der Waals surface area contributed by atoms with E-state index in [1.165, 1.54) is 46.6 Å². The van der Waals surface area contributed by atoms with Gasteiger partial charge in [0.2, 0.25) is 0 Å². The van der Waals surface area contributed by atoms with E-state index in [4.69, 9.17) is 5.21 Å². The second-order valence-corrected chi connectivity index (χ2v) is 5.25. The van der Waals surface area contributed by atoms with Crippen molar-refractivity contribution in [2.75, 3.05) is 0 Å². The monoisotopic (exact) mass is 380 g/mol. The Morgan fingerprint density at radius 2 is 2.00 bits per heavy atom. The molecule has 0 aliphatic rings. The molecule has 0 saturated heterocycles. The minimum atomic E-state index is -4.77. The number of halogens is 3. The molecular formula is C18H15F3N2O4. The van der Waals surface area contributed by atoms with E-state index < -0.39 is 12.3 Å². The molecule has 27 heavy (non-hydrogen) atoms. The molecule has 2 rings (SSSR count). The maximum atomic E-state index is 12.3. The van der Waals surface area contributed by atoms with Crippen molar-refractivity contribution in [3.8, 4) is 5.75 Å². The SMILES string of the molecule is O=C(/C=C/c1cccn(C/C=C/c2cccc(OC(F)(F)F)c2)c1=O)NO. The maximum absolute atomic E-state index is 12.3. The Balaban J connectivity index is 2.11. The Labute approximate surface area is 151 Å². The summed E-state index contributed by atoms with van der Waals surface area (Å²) in [6, 6.07) is 8.53. The lowest BCUT2D eigenvalue weighted by Gasteiger charge is -2.08. The first-order valence-electron chi connectivity index (χ1n) is 7.62. The van der Waals surface area contributed by atoms with Crippen molar-refractivity contribution < 1.29 is 27.9 Å². The molecule has 0 radical (unpaired) electrons. The Kier molecular flexibility index (Phi) is 6.56. The molecule has 1 amide bonds. The van der Waals surface area contributed by atoms with Crippen LogP contribution in [0, 0.1) is 0 Å². The van der Waals surface area contributed by atoms with Crippen LogP contribution in [-0.4, -0.2) is 22.0 Å². The van der Waals surface area contributed by atoms with Crippen LogP contribution in [0.3, 0.4) is 0 Å². The third kappa shape index (κ3) is 6.48. The predicted octanol–water partition coefficient (Wildman–Crippen LogP) is 2.98. The minimum Gasteiger partial charge on any atom is -0.406 e. The number of rotatable bonds is 6. The fourth-order valence-corrected chi connectivity index (χ4v) is 2.15. The molecule has 1 aromatic heterocycles. The van der Waals surface area contributed by atoms with Crippen LogP contribution in [0.15, 0.2) is 59.5 Å². The van der Waals surface area contributed by atoms with Crippen molar-refractivity contribution in [2.45, 2.75) is 12.9 Å². The van der Waals surface area contributed by atoms with Gasteiger partial charge in [-0.2, -0.15) is 0 Å². The Morgan fingerprint density at radius 1 is 1.22 bits per heavy atom. The number of alkyl halides is 3. The summed E-state index contributed by atoms with van der Waals surface area (Å²) in [7, 11) is 0. The van der Waals surface area contributed by atoms with Crippen molar-refractivity contribution in [3.05, 3.63) is 76.2 Å². The number of ether oxygens (including phenoxy) is 1. The van der Waals surface area contributed by atoms with Gasteiger partial charge in [0.05, 0.1) is 0 Å². The van der Waals surface area contributed by atoms with E-state index >= 15 is 0 Å². The van der Waals surface area contributed by atoms with Gasteiger partial charge in [-0.25, -0.2) is 5.48 Å². The fraction of sp³-hybridized carbons (Fsp3) is 0.111. The number of allylic oxidation sites excluding steroid dienone is 1. The van der Waals surface area contributed by atoms with Crippen molar-refractivity contribution >= 4 is 18.1 Å². The molecule has 0 bridgehead atoms. The van der Waals surface area contributed by atoms with Crippen LogP contribution in [0.2, 0.25) is 0 Å². The van der Waals surface area contributed by atoms with Crippen molar-refractivity contribution in [2.24, 2.45) is 0 Å². The zero-order valence-corrected chi connectivity index (χ0v) is 13.8. The maximum Gasteiger partial charge on any atom is 0.573 e. The third-order valence-electron chi connectivity index (χ3n) is 3.28. The number of carbonyl (C=O) groups excluding carboxylic acids is 1. The van der Waals surface area contributed by atoms with E-state index in [1.54, 1.807) is 24.3 Å². The Morgan fingerprint density at radius 3 is 2.70 bits per heavy atom. The molecule has 0 aliphatic heterocycles. The van der Waals surface area contributed by atoms with Crippen LogP contribution in [0.5, 0.6) is 5.75 Å². The van der Waals surface area contributed by atoms with Gasteiger partial charge < -0.3 is 9.30 Å². The summed E-state index contributed by atoms with van der Waals surface area (Å²) in [4.78, 5) is 23.2. The summed E-state index contributed by atoms with van der Waals surface area (Å²) >= 11 is 0. The topological polar surface area (TPSA) is 80.6 Å². The van der Waals surface area contributed by atoms with Crippen LogP contribution in [-0.2, 0) is 11.3 Å².